The van der Waals surface area contributed by atoms with Crippen molar-refractivity contribution in [2.45, 2.75) is 18.4 Å². The number of ether oxygens (including phenoxy) is 1. The minimum Gasteiger partial charge on any atom is -0.507 e. The molecule has 0 saturated carbocycles. The highest BCUT2D eigenvalue weighted by Crippen LogP contribution is 2.44. The molecule has 22 heavy (non-hydrogen) atoms. The lowest BCUT2D eigenvalue weighted by atomic mass is 9.88. The zero-order valence-corrected chi connectivity index (χ0v) is 12.7. The highest BCUT2D eigenvalue weighted by molar-refractivity contribution is 6.35. The van der Waals surface area contributed by atoms with Gasteiger partial charge in [0.25, 0.3) is 0 Å². The molecule has 0 unspecified atom stereocenters. The van der Waals surface area contributed by atoms with Crippen LogP contribution in [0.5, 0.6) is 0 Å². The Hall–Kier alpha value is -1.63. The van der Waals surface area contributed by atoms with E-state index in [2.05, 4.69) is 0 Å². The summed E-state index contributed by atoms with van der Waals surface area (Å²) in [7, 11) is 1.55. The van der Waals surface area contributed by atoms with E-state index in [1.807, 2.05) is 0 Å². The maximum absolute atomic E-state index is 14.1. The van der Waals surface area contributed by atoms with Crippen LogP contribution in [0.2, 0.25) is 5.02 Å². The standard InChI is InChI=1S/C15H15ClFNO4/c1-21-18-7-5-15(6-8-18)13(19)12(14(20)22-15)11-9(16)3-2-4-10(11)17/h2-4,19H,5-8H2,1H3. The van der Waals surface area contributed by atoms with Crippen molar-refractivity contribution in [1.82, 2.24) is 5.06 Å². The van der Waals surface area contributed by atoms with Gasteiger partial charge in [0.15, 0.2) is 11.4 Å². The average molecular weight is 328 g/mol. The SMILES string of the molecule is CON1CCC2(CC1)OC(=O)C(c1c(F)cccc1Cl)=C2O. The summed E-state index contributed by atoms with van der Waals surface area (Å²) in [6.07, 6.45) is 0.738. The Morgan fingerprint density at radius 1 is 1.41 bits per heavy atom. The highest BCUT2D eigenvalue weighted by atomic mass is 35.5. The van der Waals surface area contributed by atoms with E-state index in [0.717, 1.165) is 0 Å². The topological polar surface area (TPSA) is 59.0 Å². The molecular weight excluding hydrogens is 313 g/mol. The third kappa shape index (κ3) is 2.27. The summed E-state index contributed by atoms with van der Waals surface area (Å²) in [5.41, 5.74) is -1.42. The van der Waals surface area contributed by atoms with Gasteiger partial charge in [-0.15, -0.1) is 0 Å². The summed E-state index contributed by atoms with van der Waals surface area (Å²) < 4.78 is 19.5. The van der Waals surface area contributed by atoms with Crippen LogP contribution in [0, 0.1) is 5.82 Å². The van der Waals surface area contributed by atoms with Gasteiger partial charge in [-0.25, -0.2) is 9.18 Å². The van der Waals surface area contributed by atoms with E-state index < -0.39 is 17.4 Å². The van der Waals surface area contributed by atoms with Crippen molar-refractivity contribution in [1.29, 1.82) is 0 Å². The minimum absolute atomic E-state index is 0.0601. The van der Waals surface area contributed by atoms with E-state index in [9.17, 15) is 14.3 Å². The third-order valence-corrected chi connectivity index (χ3v) is 4.48. The van der Waals surface area contributed by atoms with Gasteiger partial charge in [0.1, 0.15) is 11.4 Å². The number of nitrogens with zero attached hydrogens (tertiary/aromatic N) is 1. The van der Waals surface area contributed by atoms with Crippen LogP contribution in [0.25, 0.3) is 5.57 Å². The number of hydrogen-bond donors (Lipinski definition) is 1. The first-order valence-corrected chi connectivity index (χ1v) is 7.27. The molecule has 1 aromatic rings. The maximum Gasteiger partial charge on any atom is 0.343 e. The predicted molar refractivity (Wildman–Crippen MR) is 77.6 cm³/mol. The van der Waals surface area contributed by atoms with Gasteiger partial charge in [-0.05, 0) is 12.1 Å². The lowest BCUT2D eigenvalue weighted by Crippen LogP contribution is -2.45. The molecule has 1 N–H and O–H groups in total. The van der Waals surface area contributed by atoms with Crippen molar-refractivity contribution in [2.75, 3.05) is 20.2 Å². The molecule has 1 fully saturated rings. The number of carbonyl (C=O) groups excluding carboxylic acids is 1. The fraction of sp³-hybridized carbons (Fsp3) is 0.400. The molecule has 0 aliphatic carbocycles. The highest BCUT2D eigenvalue weighted by Gasteiger charge is 2.51. The zero-order valence-electron chi connectivity index (χ0n) is 11.9. The molecule has 0 radical (unpaired) electrons. The Morgan fingerprint density at radius 2 is 2.09 bits per heavy atom. The molecule has 1 spiro atoms. The molecule has 0 amide bonds. The van der Waals surface area contributed by atoms with Crippen molar-refractivity contribution in [3.63, 3.8) is 0 Å². The summed E-state index contributed by atoms with van der Waals surface area (Å²) in [6, 6.07) is 4.09. The second-order valence-corrected chi connectivity index (χ2v) is 5.72. The van der Waals surface area contributed by atoms with Crippen LogP contribution in [-0.2, 0) is 14.4 Å². The number of aliphatic hydroxyl groups excluding tert-OH is 1. The van der Waals surface area contributed by atoms with Gasteiger partial charge in [0.05, 0.1) is 12.1 Å². The Bertz CT molecular complexity index is 633. The molecule has 0 atom stereocenters. The second-order valence-electron chi connectivity index (χ2n) is 5.32. The van der Waals surface area contributed by atoms with E-state index in [4.69, 9.17) is 21.2 Å². The second kappa shape index (κ2) is 5.53. The van der Waals surface area contributed by atoms with Crippen LogP contribution in [0.1, 0.15) is 18.4 Å². The lowest BCUT2D eigenvalue weighted by molar-refractivity contribution is -0.182. The van der Waals surface area contributed by atoms with Gasteiger partial charge >= 0.3 is 5.97 Å². The van der Waals surface area contributed by atoms with Crippen LogP contribution in [0.3, 0.4) is 0 Å². The third-order valence-electron chi connectivity index (χ3n) is 4.16. The van der Waals surface area contributed by atoms with Crippen molar-refractivity contribution in [2.24, 2.45) is 0 Å². The molecule has 7 heteroatoms. The number of halogens is 2. The maximum atomic E-state index is 14.1. The number of aliphatic hydroxyl groups is 1. The summed E-state index contributed by atoms with van der Waals surface area (Å²) in [5.74, 6) is -1.67. The Balaban J connectivity index is 2.03. The summed E-state index contributed by atoms with van der Waals surface area (Å²) in [4.78, 5) is 17.3. The van der Waals surface area contributed by atoms with Gasteiger partial charge in [-0.1, -0.05) is 17.7 Å². The van der Waals surface area contributed by atoms with Gasteiger partial charge in [0, 0.05) is 31.5 Å². The molecule has 2 aliphatic heterocycles. The molecule has 3 rings (SSSR count). The molecule has 0 aromatic heterocycles. The largest absolute Gasteiger partial charge is 0.507 e. The number of carbonyl (C=O) groups is 1. The molecule has 118 valence electrons. The molecule has 5 nitrogen and oxygen atoms in total. The van der Waals surface area contributed by atoms with E-state index in [-0.39, 0.29) is 21.9 Å². The molecule has 0 bridgehead atoms. The molecule has 1 saturated heterocycles. The number of piperidine rings is 1. The summed E-state index contributed by atoms with van der Waals surface area (Å²) in [6.45, 7) is 0.984. The first-order chi connectivity index (χ1) is 10.5. The van der Waals surface area contributed by atoms with E-state index in [0.29, 0.717) is 25.9 Å². The monoisotopic (exact) mass is 327 g/mol. The van der Waals surface area contributed by atoms with E-state index in [1.165, 1.54) is 18.2 Å². The van der Waals surface area contributed by atoms with Crippen molar-refractivity contribution in [3.05, 3.63) is 40.4 Å². The first-order valence-electron chi connectivity index (χ1n) is 6.89. The van der Waals surface area contributed by atoms with E-state index in [1.54, 1.807) is 12.2 Å². The minimum atomic E-state index is -1.12. The van der Waals surface area contributed by atoms with Crippen LogP contribution >= 0.6 is 11.6 Å². The Morgan fingerprint density at radius 3 is 2.68 bits per heavy atom. The first kappa shape index (κ1) is 15.3. The Kier molecular flexibility index (Phi) is 3.84. The smallest absolute Gasteiger partial charge is 0.343 e. The summed E-state index contributed by atoms with van der Waals surface area (Å²) >= 11 is 5.99. The molecule has 2 heterocycles. The van der Waals surface area contributed by atoms with Gasteiger partial charge in [0.2, 0.25) is 0 Å². The number of esters is 1. The number of benzene rings is 1. The molecular formula is C15H15ClFNO4. The van der Waals surface area contributed by atoms with Crippen molar-refractivity contribution in [3.8, 4) is 0 Å². The number of hydroxylamine groups is 2. The van der Waals surface area contributed by atoms with Crippen LogP contribution in [0.15, 0.2) is 24.0 Å². The fourth-order valence-corrected chi connectivity index (χ4v) is 3.18. The predicted octanol–water partition coefficient (Wildman–Crippen LogP) is 2.70. The average Bonchev–Trinajstić information content (AvgIpc) is 2.72. The van der Waals surface area contributed by atoms with E-state index >= 15 is 0 Å². The quantitative estimate of drug-likeness (QED) is 0.846. The van der Waals surface area contributed by atoms with Gasteiger partial charge in [-0.3, -0.25) is 0 Å². The number of hydrogen-bond acceptors (Lipinski definition) is 5. The Labute approximate surface area is 131 Å². The zero-order chi connectivity index (χ0) is 15.9. The van der Waals surface area contributed by atoms with Crippen LogP contribution < -0.4 is 0 Å². The van der Waals surface area contributed by atoms with Crippen LogP contribution in [0.4, 0.5) is 4.39 Å². The normalized spacial score (nSPS) is 21.5. The van der Waals surface area contributed by atoms with Gasteiger partial charge in [-0.2, -0.15) is 5.06 Å². The van der Waals surface area contributed by atoms with Crippen molar-refractivity contribution >= 4 is 23.1 Å². The van der Waals surface area contributed by atoms with Crippen LogP contribution in [-0.4, -0.2) is 41.9 Å². The number of rotatable bonds is 2. The fourth-order valence-electron chi connectivity index (χ4n) is 2.93. The molecule has 1 aromatic carbocycles. The van der Waals surface area contributed by atoms with Crippen molar-refractivity contribution < 1.29 is 23.9 Å². The lowest BCUT2D eigenvalue weighted by Gasteiger charge is -2.36. The van der Waals surface area contributed by atoms with Gasteiger partial charge < -0.3 is 14.7 Å². The summed E-state index contributed by atoms with van der Waals surface area (Å²) in [5, 5.41) is 12.3. The molecule has 2 aliphatic rings.